The molecule has 1 N–H and O–H groups in total. The third-order valence-electron chi connectivity index (χ3n) is 4.71. The minimum atomic E-state index is -4.38. The number of methoxy groups -OCH3 is 3. The third-order valence-corrected chi connectivity index (χ3v) is 6.50. The molecule has 3 aromatic rings. The summed E-state index contributed by atoms with van der Waals surface area (Å²) in [5.41, 5.74) is 0.521. The zero-order valence-electron chi connectivity index (χ0n) is 18.2. The fourth-order valence-electron chi connectivity index (χ4n) is 3.11. The first kappa shape index (κ1) is 23.9. The zero-order chi connectivity index (χ0) is 24.0. The van der Waals surface area contributed by atoms with Crippen molar-refractivity contribution in [1.82, 2.24) is 0 Å². The number of halogens is 1. The lowest BCUT2D eigenvalue weighted by atomic mass is 10.2. The maximum atomic E-state index is 13.9. The van der Waals surface area contributed by atoms with E-state index < -0.39 is 33.2 Å². The van der Waals surface area contributed by atoms with Gasteiger partial charge in [0.25, 0.3) is 10.0 Å². The Morgan fingerprint density at radius 3 is 2.21 bits per heavy atom. The van der Waals surface area contributed by atoms with Crippen molar-refractivity contribution in [1.29, 1.82) is 0 Å². The minimum Gasteiger partial charge on any atom is -0.497 e. The highest BCUT2D eigenvalue weighted by Crippen LogP contribution is 2.32. The fourth-order valence-corrected chi connectivity index (χ4v) is 4.70. The van der Waals surface area contributed by atoms with Crippen molar-refractivity contribution in [3.8, 4) is 17.2 Å². The summed E-state index contributed by atoms with van der Waals surface area (Å²) < 4.78 is 57.4. The summed E-state index contributed by atoms with van der Waals surface area (Å²) >= 11 is 0. The Hall–Kier alpha value is -3.79. The average molecular weight is 475 g/mol. The van der Waals surface area contributed by atoms with Gasteiger partial charge in [0, 0.05) is 6.07 Å². The van der Waals surface area contributed by atoms with Gasteiger partial charge >= 0.3 is 0 Å². The SMILES string of the molecule is COc1ccc(OC)c(NC(=O)CN(c2ccccc2)S(=O)(=O)c2cc(F)ccc2OC)c1. The summed E-state index contributed by atoms with van der Waals surface area (Å²) in [4.78, 5) is 12.5. The zero-order valence-corrected chi connectivity index (χ0v) is 19.1. The second kappa shape index (κ2) is 10.2. The van der Waals surface area contributed by atoms with Crippen LogP contribution in [0.1, 0.15) is 0 Å². The molecule has 33 heavy (non-hydrogen) atoms. The van der Waals surface area contributed by atoms with Gasteiger partial charge in [-0.3, -0.25) is 9.10 Å². The fraction of sp³-hybridized carbons (Fsp3) is 0.174. The Morgan fingerprint density at radius 1 is 0.909 bits per heavy atom. The van der Waals surface area contributed by atoms with Crippen molar-refractivity contribution in [2.45, 2.75) is 4.90 Å². The van der Waals surface area contributed by atoms with E-state index in [-0.39, 0.29) is 11.4 Å². The van der Waals surface area contributed by atoms with Crippen LogP contribution < -0.4 is 23.8 Å². The van der Waals surface area contributed by atoms with E-state index in [0.29, 0.717) is 17.2 Å². The summed E-state index contributed by atoms with van der Waals surface area (Å²) in [6, 6.07) is 16.0. The molecule has 3 rings (SSSR count). The molecule has 0 aliphatic rings. The van der Waals surface area contributed by atoms with Crippen molar-refractivity contribution in [2.75, 3.05) is 37.5 Å². The first-order valence-corrected chi connectivity index (χ1v) is 11.2. The molecule has 0 spiro atoms. The molecule has 10 heteroatoms. The molecule has 0 radical (unpaired) electrons. The summed E-state index contributed by atoms with van der Waals surface area (Å²) in [6.07, 6.45) is 0. The number of carbonyl (C=O) groups excluding carboxylic acids is 1. The van der Waals surface area contributed by atoms with Crippen LogP contribution in [0.5, 0.6) is 17.2 Å². The molecule has 0 fully saturated rings. The quantitative estimate of drug-likeness (QED) is 0.509. The summed E-state index contributed by atoms with van der Waals surface area (Å²) in [5, 5.41) is 2.64. The summed E-state index contributed by atoms with van der Waals surface area (Å²) in [6.45, 7) is -0.591. The Labute approximate surface area is 191 Å². The van der Waals surface area contributed by atoms with Crippen molar-refractivity contribution >= 4 is 27.3 Å². The Morgan fingerprint density at radius 2 is 1.58 bits per heavy atom. The van der Waals surface area contributed by atoms with E-state index in [1.807, 2.05) is 0 Å². The summed E-state index contributed by atoms with van der Waals surface area (Å²) in [5.74, 6) is -0.613. The molecule has 0 bridgehead atoms. The van der Waals surface area contributed by atoms with Crippen LogP contribution in [0.2, 0.25) is 0 Å². The molecule has 0 aromatic heterocycles. The molecule has 0 saturated carbocycles. The largest absolute Gasteiger partial charge is 0.497 e. The molecule has 0 heterocycles. The number of hydrogen-bond acceptors (Lipinski definition) is 6. The number of carbonyl (C=O) groups is 1. The van der Waals surface area contributed by atoms with Gasteiger partial charge in [0.2, 0.25) is 5.91 Å². The molecule has 3 aromatic carbocycles. The van der Waals surface area contributed by atoms with Crippen LogP contribution in [0.4, 0.5) is 15.8 Å². The number of rotatable bonds is 9. The van der Waals surface area contributed by atoms with Crippen LogP contribution >= 0.6 is 0 Å². The van der Waals surface area contributed by atoms with Gasteiger partial charge in [0.15, 0.2) is 0 Å². The van der Waals surface area contributed by atoms with E-state index in [1.165, 1.54) is 39.5 Å². The first-order chi connectivity index (χ1) is 15.8. The smallest absolute Gasteiger partial charge is 0.268 e. The van der Waals surface area contributed by atoms with Gasteiger partial charge in [-0.2, -0.15) is 0 Å². The number of benzene rings is 3. The van der Waals surface area contributed by atoms with Crippen LogP contribution in [-0.4, -0.2) is 42.2 Å². The lowest BCUT2D eigenvalue weighted by molar-refractivity contribution is -0.114. The van der Waals surface area contributed by atoms with E-state index in [1.54, 1.807) is 36.4 Å². The monoisotopic (exact) mass is 474 g/mol. The predicted octanol–water partition coefficient (Wildman–Crippen LogP) is 3.69. The second-order valence-electron chi connectivity index (χ2n) is 6.76. The van der Waals surface area contributed by atoms with Crippen molar-refractivity contribution in [3.05, 3.63) is 72.5 Å². The highest BCUT2D eigenvalue weighted by atomic mass is 32.2. The molecule has 1 amide bonds. The van der Waals surface area contributed by atoms with E-state index in [9.17, 15) is 17.6 Å². The molecule has 0 saturated heterocycles. The number of nitrogens with zero attached hydrogens (tertiary/aromatic N) is 1. The average Bonchev–Trinajstić information content (AvgIpc) is 2.82. The third kappa shape index (κ3) is 5.35. The van der Waals surface area contributed by atoms with Crippen LogP contribution in [-0.2, 0) is 14.8 Å². The van der Waals surface area contributed by atoms with E-state index in [0.717, 1.165) is 16.4 Å². The van der Waals surface area contributed by atoms with Gasteiger partial charge in [-0.25, -0.2) is 12.8 Å². The van der Waals surface area contributed by atoms with Gasteiger partial charge in [0.1, 0.15) is 34.5 Å². The highest BCUT2D eigenvalue weighted by molar-refractivity contribution is 7.93. The van der Waals surface area contributed by atoms with Gasteiger partial charge in [-0.05, 0) is 42.5 Å². The molecule has 0 aliphatic heterocycles. The maximum Gasteiger partial charge on any atom is 0.268 e. The Kier molecular flexibility index (Phi) is 7.39. The Bertz CT molecular complexity index is 1230. The maximum absolute atomic E-state index is 13.9. The number of para-hydroxylation sites is 1. The van der Waals surface area contributed by atoms with Crippen LogP contribution in [0.15, 0.2) is 71.6 Å². The van der Waals surface area contributed by atoms with Crippen molar-refractivity contribution in [3.63, 3.8) is 0 Å². The normalized spacial score (nSPS) is 10.9. The van der Waals surface area contributed by atoms with Crippen LogP contribution in [0, 0.1) is 5.82 Å². The van der Waals surface area contributed by atoms with Gasteiger partial charge in [0.05, 0.1) is 32.7 Å². The molecular formula is C23H23FN2O6S. The van der Waals surface area contributed by atoms with E-state index in [4.69, 9.17) is 14.2 Å². The predicted molar refractivity (Wildman–Crippen MR) is 122 cm³/mol. The highest BCUT2D eigenvalue weighted by Gasteiger charge is 2.30. The van der Waals surface area contributed by atoms with Crippen molar-refractivity contribution < 1.29 is 31.8 Å². The van der Waals surface area contributed by atoms with Crippen LogP contribution in [0.25, 0.3) is 0 Å². The van der Waals surface area contributed by atoms with Crippen molar-refractivity contribution in [2.24, 2.45) is 0 Å². The lowest BCUT2D eigenvalue weighted by Crippen LogP contribution is -2.38. The standard InChI is InChI=1S/C23H23FN2O6S/c1-30-18-10-12-20(31-2)19(14-18)25-23(27)15-26(17-7-5-4-6-8-17)33(28,29)22-13-16(24)9-11-21(22)32-3/h4-14H,15H2,1-3H3,(H,25,27). The first-order valence-electron chi connectivity index (χ1n) is 9.73. The van der Waals surface area contributed by atoms with Gasteiger partial charge < -0.3 is 19.5 Å². The van der Waals surface area contributed by atoms with Crippen LogP contribution in [0.3, 0.4) is 0 Å². The second-order valence-corrected chi connectivity index (χ2v) is 8.59. The molecule has 0 unspecified atom stereocenters. The number of hydrogen-bond donors (Lipinski definition) is 1. The van der Waals surface area contributed by atoms with Gasteiger partial charge in [-0.15, -0.1) is 0 Å². The lowest BCUT2D eigenvalue weighted by Gasteiger charge is -2.25. The topological polar surface area (TPSA) is 94.2 Å². The van der Waals surface area contributed by atoms with E-state index in [2.05, 4.69) is 5.32 Å². The minimum absolute atomic E-state index is 0.0489. The number of ether oxygens (including phenoxy) is 3. The van der Waals surface area contributed by atoms with E-state index >= 15 is 0 Å². The molecule has 8 nitrogen and oxygen atoms in total. The number of sulfonamides is 1. The molecule has 0 atom stereocenters. The number of anilines is 2. The number of nitrogens with one attached hydrogen (secondary N) is 1. The molecule has 174 valence electrons. The molecular weight excluding hydrogens is 451 g/mol. The van der Waals surface area contributed by atoms with Gasteiger partial charge in [-0.1, -0.05) is 18.2 Å². The summed E-state index contributed by atoms with van der Waals surface area (Å²) in [7, 11) is -0.190. The number of amides is 1. The Balaban J connectivity index is 2.00. The molecule has 0 aliphatic carbocycles.